The number of carbonyl (C=O) groups excluding carboxylic acids is 4. The molecule has 2 rings (SSSR count). The van der Waals surface area contributed by atoms with Gasteiger partial charge in [0.25, 0.3) is 5.91 Å². The number of aliphatic hydroxyl groups excluding tert-OH is 3. The first-order chi connectivity index (χ1) is 18.0. The lowest BCUT2D eigenvalue weighted by Gasteiger charge is -2.28. The molecule has 6 unspecified atom stereocenters. The predicted molar refractivity (Wildman–Crippen MR) is 133 cm³/mol. The molecule has 1 saturated heterocycles. The van der Waals surface area contributed by atoms with E-state index in [2.05, 4.69) is 10.6 Å². The van der Waals surface area contributed by atoms with Gasteiger partial charge in [-0.15, -0.1) is 0 Å². The lowest BCUT2D eigenvalue weighted by atomic mass is 9.93. The van der Waals surface area contributed by atoms with E-state index in [9.17, 15) is 34.5 Å². The van der Waals surface area contributed by atoms with Gasteiger partial charge in [0.15, 0.2) is 6.10 Å². The van der Waals surface area contributed by atoms with Crippen LogP contribution in [0.3, 0.4) is 0 Å². The fourth-order valence-corrected chi connectivity index (χ4v) is 3.58. The Morgan fingerprint density at radius 1 is 1.16 bits per heavy atom. The number of aldehydes is 1. The molecule has 1 aromatic carbocycles. The first-order valence-corrected chi connectivity index (χ1v) is 12.2. The van der Waals surface area contributed by atoms with Gasteiger partial charge in [-0.05, 0) is 32.3 Å². The van der Waals surface area contributed by atoms with Crippen LogP contribution >= 0.6 is 0 Å². The van der Waals surface area contributed by atoms with Crippen molar-refractivity contribution in [2.75, 3.05) is 13.7 Å². The molecule has 12 nitrogen and oxygen atoms in total. The van der Waals surface area contributed by atoms with Crippen LogP contribution in [0.15, 0.2) is 42.5 Å². The quantitative estimate of drug-likeness (QED) is 0.138. The Balaban J connectivity index is 1.90. The molecule has 1 aliphatic rings. The van der Waals surface area contributed by atoms with Crippen LogP contribution in [-0.4, -0.2) is 89.8 Å². The molecule has 0 saturated carbocycles. The largest absolute Gasteiger partial charge is 0.508 e. The summed E-state index contributed by atoms with van der Waals surface area (Å²) < 4.78 is 15.4. The monoisotopic (exact) mass is 536 g/mol. The van der Waals surface area contributed by atoms with Crippen molar-refractivity contribution < 1.29 is 48.7 Å². The average Bonchev–Trinajstić information content (AvgIpc) is 3.07. The highest BCUT2D eigenvalue weighted by molar-refractivity contribution is 5.89. The van der Waals surface area contributed by atoms with E-state index in [4.69, 9.17) is 14.2 Å². The number of amides is 2. The summed E-state index contributed by atoms with van der Waals surface area (Å²) >= 11 is 0. The molecule has 38 heavy (non-hydrogen) atoms. The number of hydrogen-bond donors (Lipinski definition) is 5. The summed E-state index contributed by atoms with van der Waals surface area (Å²) in [4.78, 5) is 48.3. The molecule has 0 aromatic heterocycles. The first kappa shape index (κ1) is 30.9. The number of carbonyl (C=O) groups is 4. The minimum atomic E-state index is -1.86. The van der Waals surface area contributed by atoms with Crippen molar-refractivity contribution in [1.29, 1.82) is 0 Å². The fourth-order valence-electron chi connectivity index (χ4n) is 3.58. The average molecular weight is 537 g/mol. The highest BCUT2D eigenvalue weighted by Crippen LogP contribution is 2.17. The van der Waals surface area contributed by atoms with Crippen LogP contribution in [0, 0.1) is 5.41 Å². The Labute approximate surface area is 221 Å². The molecule has 1 aliphatic heterocycles. The third-order valence-electron chi connectivity index (χ3n) is 5.93. The van der Waals surface area contributed by atoms with Crippen molar-refractivity contribution >= 4 is 24.3 Å². The maximum absolute atomic E-state index is 12.8. The summed E-state index contributed by atoms with van der Waals surface area (Å²) in [5.41, 5.74) is -0.119. The van der Waals surface area contributed by atoms with Crippen molar-refractivity contribution in [2.45, 2.75) is 69.9 Å². The molecule has 0 spiro atoms. The Bertz CT molecular complexity index is 968. The van der Waals surface area contributed by atoms with Gasteiger partial charge in [0.05, 0.1) is 6.54 Å². The molecular formula is C26H36N2O10. The zero-order chi connectivity index (χ0) is 28.3. The SMILES string of the molecule is COC(C(=O)NC1CCC(OC(=O)OCc2ccccc2)CNC1=O)C(O)C(O)C(O)C=CC(C)(C)C=O. The van der Waals surface area contributed by atoms with Crippen molar-refractivity contribution in [3.8, 4) is 0 Å². The Morgan fingerprint density at radius 3 is 2.47 bits per heavy atom. The van der Waals surface area contributed by atoms with E-state index in [0.717, 1.165) is 18.7 Å². The highest BCUT2D eigenvalue weighted by Gasteiger charge is 2.37. The summed E-state index contributed by atoms with van der Waals surface area (Å²) in [6, 6.07) is 8.01. The molecule has 6 atom stereocenters. The van der Waals surface area contributed by atoms with Gasteiger partial charge < -0.3 is 45.0 Å². The lowest BCUT2D eigenvalue weighted by molar-refractivity contribution is -0.150. The van der Waals surface area contributed by atoms with Gasteiger partial charge in [-0.2, -0.15) is 0 Å². The zero-order valence-corrected chi connectivity index (χ0v) is 21.6. The fraction of sp³-hybridized carbons (Fsp3) is 0.538. The summed E-state index contributed by atoms with van der Waals surface area (Å²) in [6.07, 6.45) is -5.02. The van der Waals surface area contributed by atoms with Crippen molar-refractivity contribution in [2.24, 2.45) is 5.41 Å². The van der Waals surface area contributed by atoms with E-state index in [1.165, 1.54) is 6.08 Å². The second-order valence-electron chi connectivity index (χ2n) is 9.57. The molecule has 12 heteroatoms. The van der Waals surface area contributed by atoms with Gasteiger partial charge >= 0.3 is 6.16 Å². The van der Waals surface area contributed by atoms with Crippen LogP contribution in [0.1, 0.15) is 32.3 Å². The standard InChI is InChI=1S/C26H36N2O10/c1-26(2,15-29)12-11-19(30)20(31)21(32)22(36-3)24(34)28-18-10-9-17(13-27-23(18)33)38-25(35)37-14-16-7-5-4-6-8-16/h4-8,11-12,15,17-22,30-32H,9-10,13-14H2,1-3H3,(H,27,33)(H,28,34). The maximum atomic E-state index is 12.8. The third-order valence-corrected chi connectivity index (χ3v) is 5.93. The number of aliphatic hydroxyl groups is 3. The number of ether oxygens (including phenoxy) is 3. The predicted octanol–water partition coefficient (Wildman–Crippen LogP) is -0.0178. The van der Waals surface area contributed by atoms with E-state index in [-0.39, 0.29) is 26.0 Å². The van der Waals surface area contributed by atoms with Gasteiger partial charge in [0.1, 0.15) is 43.4 Å². The molecular weight excluding hydrogens is 500 g/mol. The molecule has 1 fully saturated rings. The van der Waals surface area contributed by atoms with Gasteiger partial charge in [-0.25, -0.2) is 4.79 Å². The molecule has 5 N–H and O–H groups in total. The molecule has 0 radical (unpaired) electrons. The number of nitrogens with one attached hydrogen (secondary N) is 2. The molecule has 1 aromatic rings. The molecule has 210 valence electrons. The van der Waals surface area contributed by atoms with E-state index in [1.54, 1.807) is 26.0 Å². The van der Waals surface area contributed by atoms with E-state index < -0.39 is 59.9 Å². The zero-order valence-electron chi connectivity index (χ0n) is 21.6. The minimum absolute atomic E-state index is 0.0103. The topological polar surface area (TPSA) is 181 Å². The highest BCUT2D eigenvalue weighted by atomic mass is 16.7. The third kappa shape index (κ3) is 9.53. The maximum Gasteiger partial charge on any atom is 0.508 e. The van der Waals surface area contributed by atoms with Crippen molar-refractivity contribution in [1.82, 2.24) is 10.6 Å². The lowest BCUT2D eigenvalue weighted by Crippen LogP contribution is -2.55. The summed E-state index contributed by atoms with van der Waals surface area (Å²) in [5, 5.41) is 36.0. The normalized spacial score (nSPS) is 21.4. The number of hydrogen-bond acceptors (Lipinski definition) is 10. The molecule has 0 aliphatic carbocycles. The number of rotatable bonds is 12. The van der Waals surface area contributed by atoms with Crippen molar-refractivity contribution in [3.63, 3.8) is 0 Å². The summed E-state index contributed by atoms with van der Waals surface area (Å²) in [7, 11) is 1.12. The number of allylic oxidation sites excluding steroid dienone is 1. The molecule has 1 heterocycles. The molecule has 0 bridgehead atoms. The van der Waals surface area contributed by atoms with Crippen LogP contribution in [0.5, 0.6) is 0 Å². The van der Waals surface area contributed by atoms with Crippen LogP contribution in [0.25, 0.3) is 0 Å². The van der Waals surface area contributed by atoms with E-state index >= 15 is 0 Å². The number of benzene rings is 1. The van der Waals surface area contributed by atoms with Crippen LogP contribution < -0.4 is 10.6 Å². The first-order valence-electron chi connectivity index (χ1n) is 12.2. The Hall–Kier alpha value is -3.32. The van der Waals surface area contributed by atoms with Gasteiger partial charge in [-0.3, -0.25) is 9.59 Å². The summed E-state index contributed by atoms with van der Waals surface area (Å²) in [6.45, 7) is 3.21. The minimum Gasteiger partial charge on any atom is -0.429 e. The van der Waals surface area contributed by atoms with E-state index in [0.29, 0.717) is 6.29 Å². The Morgan fingerprint density at radius 2 is 1.84 bits per heavy atom. The van der Waals surface area contributed by atoms with E-state index in [1.807, 2.05) is 18.2 Å². The molecule has 2 amide bonds. The second kappa shape index (κ2) is 14.6. The number of methoxy groups -OCH3 is 1. The van der Waals surface area contributed by atoms with Gasteiger partial charge in [0.2, 0.25) is 5.91 Å². The smallest absolute Gasteiger partial charge is 0.429 e. The second-order valence-corrected chi connectivity index (χ2v) is 9.57. The summed E-state index contributed by atoms with van der Waals surface area (Å²) in [5.74, 6) is -1.43. The van der Waals surface area contributed by atoms with Gasteiger partial charge in [-0.1, -0.05) is 42.5 Å². The van der Waals surface area contributed by atoms with Crippen molar-refractivity contribution in [3.05, 3.63) is 48.0 Å². The van der Waals surface area contributed by atoms with Crippen LogP contribution in [0.4, 0.5) is 4.79 Å². The van der Waals surface area contributed by atoms with Crippen LogP contribution in [0.2, 0.25) is 0 Å². The van der Waals surface area contributed by atoms with Gasteiger partial charge in [0, 0.05) is 12.5 Å². The van der Waals surface area contributed by atoms with Crippen LogP contribution in [-0.2, 0) is 35.2 Å². The Kier molecular flexibility index (Phi) is 11.9.